The molecule has 0 aliphatic rings. The zero-order valence-corrected chi connectivity index (χ0v) is 34.0. The second kappa shape index (κ2) is 39.0. The number of unbranched alkanes of at least 4 members (excludes halogenated alkanes) is 28. The zero-order chi connectivity index (χ0) is 35.2. The van der Waals surface area contributed by atoms with Crippen molar-refractivity contribution in [3.63, 3.8) is 0 Å². The van der Waals surface area contributed by atoms with E-state index in [0.717, 1.165) is 25.9 Å². The Hall–Kier alpha value is -0.830. The lowest BCUT2D eigenvalue weighted by molar-refractivity contribution is -0.130. The molecule has 1 amide bonds. The first-order chi connectivity index (χ1) is 23.5. The molecule has 3 nitrogen and oxygen atoms in total. The fourth-order valence-electron chi connectivity index (χ4n) is 7.08. The summed E-state index contributed by atoms with van der Waals surface area (Å²) in [5.74, 6) is 0.309. The maximum Gasteiger partial charge on any atom is 0.222 e. The van der Waals surface area contributed by atoms with Crippen molar-refractivity contribution in [3.8, 4) is 0 Å². The maximum atomic E-state index is 12.4. The molecule has 0 heterocycles. The van der Waals surface area contributed by atoms with Crippen LogP contribution in [0.1, 0.15) is 239 Å². The van der Waals surface area contributed by atoms with Gasteiger partial charge in [0.1, 0.15) is 0 Å². The normalized spacial score (nSPS) is 11.5. The van der Waals surface area contributed by atoms with E-state index in [1.54, 1.807) is 5.57 Å². The van der Waals surface area contributed by atoms with Crippen LogP contribution in [0.5, 0.6) is 0 Å². The smallest absolute Gasteiger partial charge is 0.222 e. The van der Waals surface area contributed by atoms with Gasteiger partial charge < -0.3 is 9.80 Å². The van der Waals surface area contributed by atoms with E-state index in [1.807, 2.05) is 11.9 Å². The van der Waals surface area contributed by atoms with E-state index in [9.17, 15) is 4.79 Å². The lowest BCUT2D eigenvalue weighted by atomic mass is 9.97. The third kappa shape index (κ3) is 36.5. The zero-order valence-electron chi connectivity index (χ0n) is 34.0. The monoisotopic (exact) mass is 675 g/mol. The van der Waals surface area contributed by atoms with Gasteiger partial charge in [0.05, 0.1) is 0 Å². The Morgan fingerprint density at radius 1 is 0.396 bits per heavy atom. The molecule has 48 heavy (non-hydrogen) atoms. The number of allylic oxidation sites excluding steroid dienone is 2. The summed E-state index contributed by atoms with van der Waals surface area (Å²) < 4.78 is 0. The van der Waals surface area contributed by atoms with Crippen molar-refractivity contribution in [1.29, 1.82) is 0 Å². The topological polar surface area (TPSA) is 23.6 Å². The van der Waals surface area contributed by atoms with Crippen LogP contribution in [0.4, 0.5) is 0 Å². The van der Waals surface area contributed by atoms with Crippen LogP contribution in [0.2, 0.25) is 0 Å². The van der Waals surface area contributed by atoms with Crippen molar-refractivity contribution in [3.05, 3.63) is 11.6 Å². The van der Waals surface area contributed by atoms with Crippen molar-refractivity contribution in [2.75, 3.05) is 34.2 Å². The predicted octanol–water partition coefficient (Wildman–Crippen LogP) is 14.6. The number of carbonyl (C=O) groups excluding carboxylic acids is 1. The van der Waals surface area contributed by atoms with Gasteiger partial charge in [0.2, 0.25) is 5.91 Å². The molecule has 3 heteroatoms. The Morgan fingerprint density at radius 2 is 0.750 bits per heavy atom. The summed E-state index contributed by atoms with van der Waals surface area (Å²) in [7, 11) is 6.15. The quantitative estimate of drug-likeness (QED) is 0.0478. The van der Waals surface area contributed by atoms with Gasteiger partial charge in [-0.1, -0.05) is 192 Å². The van der Waals surface area contributed by atoms with Crippen molar-refractivity contribution >= 4 is 5.91 Å². The highest BCUT2D eigenvalue weighted by Gasteiger charge is 2.08. The minimum Gasteiger partial charge on any atom is -0.346 e. The van der Waals surface area contributed by atoms with Gasteiger partial charge in [0.25, 0.3) is 0 Å². The number of amides is 1. The molecular formula is C45H90N2O. The van der Waals surface area contributed by atoms with Gasteiger partial charge in [-0.05, 0) is 72.0 Å². The standard InChI is InChI=1S/C45H90N2O/c1-6-8-10-12-14-16-18-20-22-24-26-28-30-33-38-44(40-35-32-36-43-47(5)45(48)41-37-42-46(3)4)39-34-31-29-27-25-23-21-19-17-15-13-11-9-7-2/h40H,6-39,41-43H2,1-5H3. The summed E-state index contributed by atoms with van der Waals surface area (Å²) in [6, 6.07) is 0. The predicted molar refractivity (Wildman–Crippen MR) is 217 cm³/mol. The number of carbonyl (C=O) groups is 1. The number of hydrogen-bond donors (Lipinski definition) is 0. The Morgan fingerprint density at radius 3 is 1.10 bits per heavy atom. The van der Waals surface area contributed by atoms with Crippen molar-refractivity contribution in [2.24, 2.45) is 0 Å². The number of hydrogen-bond acceptors (Lipinski definition) is 2. The molecule has 0 aromatic heterocycles. The average molecular weight is 675 g/mol. The fraction of sp³-hybridized carbons (Fsp3) is 0.933. The second-order valence-corrected chi connectivity index (χ2v) is 15.8. The summed E-state index contributed by atoms with van der Waals surface area (Å²) in [6.07, 6.45) is 50.6. The molecule has 0 unspecified atom stereocenters. The summed E-state index contributed by atoms with van der Waals surface area (Å²) in [6.45, 7) is 6.51. The first-order valence-corrected chi connectivity index (χ1v) is 22.1. The Labute approximate surface area is 304 Å². The molecule has 0 saturated carbocycles. The summed E-state index contributed by atoms with van der Waals surface area (Å²) in [5, 5.41) is 0. The minimum atomic E-state index is 0.309. The van der Waals surface area contributed by atoms with Crippen LogP contribution in [0.15, 0.2) is 11.6 Å². The maximum absolute atomic E-state index is 12.4. The van der Waals surface area contributed by atoms with E-state index in [0.29, 0.717) is 12.3 Å². The molecule has 0 fully saturated rings. The first-order valence-electron chi connectivity index (χ1n) is 22.1. The molecule has 0 spiro atoms. The minimum absolute atomic E-state index is 0.309. The van der Waals surface area contributed by atoms with E-state index in [2.05, 4.69) is 38.9 Å². The van der Waals surface area contributed by atoms with E-state index < -0.39 is 0 Å². The second-order valence-electron chi connectivity index (χ2n) is 15.8. The molecule has 0 aliphatic carbocycles. The van der Waals surface area contributed by atoms with E-state index >= 15 is 0 Å². The highest BCUT2D eigenvalue weighted by Crippen LogP contribution is 2.21. The van der Waals surface area contributed by atoms with Crippen LogP contribution in [0.25, 0.3) is 0 Å². The molecule has 0 saturated heterocycles. The van der Waals surface area contributed by atoms with Gasteiger partial charge in [-0.15, -0.1) is 0 Å². The van der Waals surface area contributed by atoms with Crippen molar-refractivity contribution in [1.82, 2.24) is 9.80 Å². The van der Waals surface area contributed by atoms with Crippen LogP contribution in [0.3, 0.4) is 0 Å². The van der Waals surface area contributed by atoms with E-state index in [-0.39, 0.29) is 0 Å². The fourth-order valence-corrected chi connectivity index (χ4v) is 7.08. The highest BCUT2D eigenvalue weighted by atomic mass is 16.2. The Kier molecular flexibility index (Phi) is 38.3. The van der Waals surface area contributed by atoms with Gasteiger partial charge in [0, 0.05) is 20.0 Å². The van der Waals surface area contributed by atoms with Crippen LogP contribution >= 0.6 is 0 Å². The number of nitrogens with zero attached hydrogens (tertiary/aromatic N) is 2. The molecule has 0 aromatic carbocycles. The van der Waals surface area contributed by atoms with Crippen LogP contribution in [0, 0.1) is 0 Å². The van der Waals surface area contributed by atoms with Crippen molar-refractivity contribution in [2.45, 2.75) is 239 Å². The molecular weight excluding hydrogens is 585 g/mol. The Bertz CT molecular complexity index is 638. The highest BCUT2D eigenvalue weighted by molar-refractivity contribution is 5.75. The average Bonchev–Trinajstić information content (AvgIpc) is 3.07. The van der Waals surface area contributed by atoms with Gasteiger partial charge in [-0.2, -0.15) is 0 Å². The van der Waals surface area contributed by atoms with Gasteiger partial charge in [-0.3, -0.25) is 4.79 Å². The van der Waals surface area contributed by atoms with E-state index in [4.69, 9.17) is 0 Å². The van der Waals surface area contributed by atoms with Gasteiger partial charge >= 0.3 is 0 Å². The van der Waals surface area contributed by atoms with E-state index in [1.165, 1.54) is 205 Å². The van der Waals surface area contributed by atoms with Crippen molar-refractivity contribution < 1.29 is 4.79 Å². The van der Waals surface area contributed by atoms with Crippen LogP contribution < -0.4 is 0 Å². The third-order valence-electron chi connectivity index (χ3n) is 10.5. The van der Waals surface area contributed by atoms with Gasteiger partial charge in [0.15, 0.2) is 0 Å². The SMILES string of the molecule is CCCCCCCCCCCCCCCCC(=CCCCCN(C)C(=O)CCCN(C)C)CCCCCCCCCCCCCCCC. The molecule has 286 valence electrons. The molecule has 0 bridgehead atoms. The van der Waals surface area contributed by atoms with Crippen LogP contribution in [-0.4, -0.2) is 49.9 Å². The Balaban J connectivity index is 4.17. The van der Waals surface area contributed by atoms with Crippen LogP contribution in [-0.2, 0) is 4.79 Å². The molecule has 0 aliphatic heterocycles. The van der Waals surface area contributed by atoms with Gasteiger partial charge in [-0.25, -0.2) is 0 Å². The third-order valence-corrected chi connectivity index (χ3v) is 10.5. The molecule has 0 N–H and O–H groups in total. The number of rotatable bonds is 39. The molecule has 0 aromatic rings. The summed E-state index contributed by atoms with van der Waals surface area (Å²) in [4.78, 5) is 16.5. The molecule has 0 radical (unpaired) electrons. The first kappa shape index (κ1) is 47.2. The molecule has 0 rings (SSSR count). The molecule has 0 atom stereocenters. The summed E-state index contributed by atoms with van der Waals surface area (Å²) in [5.41, 5.74) is 1.74. The lowest BCUT2D eigenvalue weighted by Crippen LogP contribution is -2.28. The summed E-state index contributed by atoms with van der Waals surface area (Å²) >= 11 is 0. The lowest BCUT2D eigenvalue weighted by Gasteiger charge is -2.17. The largest absolute Gasteiger partial charge is 0.346 e.